The number of hydrogen-bond acceptors (Lipinski definition) is 3. The molecular formula is C13H21F3N2O3. The van der Waals surface area contributed by atoms with E-state index in [-0.39, 0.29) is 12.5 Å². The standard InChI is InChI=1S/C13H21F3N2O3/c1-3-4-6-17-10(19)9(2)18-7-5-12(8-18,11(20)21)13(14,15)16/h9H,3-8H2,1-2H3,(H,17,19)(H,20,21). The van der Waals surface area contributed by atoms with Gasteiger partial charge >= 0.3 is 12.1 Å². The number of carbonyl (C=O) groups is 2. The zero-order valence-corrected chi connectivity index (χ0v) is 12.2. The molecule has 1 saturated heterocycles. The Balaban J connectivity index is 2.72. The molecule has 0 bridgehead atoms. The Morgan fingerprint density at radius 2 is 2.05 bits per heavy atom. The highest BCUT2D eigenvalue weighted by Gasteiger charge is 2.64. The van der Waals surface area contributed by atoms with Crippen LogP contribution in [0, 0.1) is 5.41 Å². The monoisotopic (exact) mass is 310 g/mol. The van der Waals surface area contributed by atoms with Gasteiger partial charge in [-0.2, -0.15) is 13.2 Å². The molecule has 1 rings (SSSR count). The highest BCUT2D eigenvalue weighted by atomic mass is 19.4. The molecular weight excluding hydrogens is 289 g/mol. The largest absolute Gasteiger partial charge is 0.481 e. The Kier molecular flexibility index (Phi) is 5.61. The third kappa shape index (κ3) is 3.66. The maximum absolute atomic E-state index is 13.0. The van der Waals surface area contributed by atoms with Crippen LogP contribution in [-0.4, -0.2) is 53.7 Å². The number of hydrogen-bond donors (Lipinski definition) is 2. The van der Waals surface area contributed by atoms with Crippen LogP contribution < -0.4 is 5.32 Å². The van der Waals surface area contributed by atoms with Gasteiger partial charge in [0.05, 0.1) is 6.04 Å². The minimum Gasteiger partial charge on any atom is -0.481 e. The Bertz CT molecular complexity index is 401. The normalized spacial score (nSPS) is 24.8. The molecule has 0 aromatic carbocycles. The van der Waals surface area contributed by atoms with Crippen molar-refractivity contribution in [2.45, 2.75) is 45.3 Å². The maximum atomic E-state index is 13.0. The molecule has 0 aromatic heterocycles. The number of carboxylic acid groups (broad SMARTS) is 1. The molecule has 5 nitrogen and oxygen atoms in total. The predicted octanol–water partition coefficient (Wildman–Crippen LogP) is 1.63. The van der Waals surface area contributed by atoms with E-state index >= 15 is 0 Å². The van der Waals surface area contributed by atoms with Crippen LogP contribution in [0.1, 0.15) is 33.1 Å². The van der Waals surface area contributed by atoms with Gasteiger partial charge in [0.2, 0.25) is 5.91 Å². The number of carboxylic acids is 1. The third-order valence-electron chi connectivity index (χ3n) is 4.01. The highest BCUT2D eigenvalue weighted by molar-refractivity contribution is 5.82. The van der Waals surface area contributed by atoms with Crippen molar-refractivity contribution in [3.05, 3.63) is 0 Å². The first-order chi connectivity index (χ1) is 9.65. The number of alkyl halides is 3. The molecule has 2 atom stereocenters. The van der Waals surface area contributed by atoms with E-state index in [0.29, 0.717) is 6.54 Å². The molecule has 1 heterocycles. The molecule has 0 spiro atoms. The summed E-state index contributed by atoms with van der Waals surface area (Å²) in [5.41, 5.74) is -2.77. The van der Waals surface area contributed by atoms with Crippen molar-refractivity contribution in [1.82, 2.24) is 10.2 Å². The van der Waals surface area contributed by atoms with E-state index in [1.54, 1.807) is 0 Å². The number of nitrogens with zero attached hydrogens (tertiary/aromatic N) is 1. The molecule has 0 aromatic rings. The topological polar surface area (TPSA) is 69.6 Å². The predicted molar refractivity (Wildman–Crippen MR) is 69.7 cm³/mol. The second-order valence-corrected chi connectivity index (χ2v) is 5.43. The molecule has 0 aliphatic carbocycles. The quantitative estimate of drug-likeness (QED) is 0.732. The van der Waals surface area contributed by atoms with Crippen molar-refractivity contribution in [3.8, 4) is 0 Å². The fourth-order valence-electron chi connectivity index (χ4n) is 2.40. The van der Waals surface area contributed by atoms with Crippen LogP contribution in [0.3, 0.4) is 0 Å². The molecule has 2 unspecified atom stereocenters. The molecule has 0 saturated carbocycles. The number of halogens is 3. The summed E-state index contributed by atoms with van der Waals surface area (Å²) in [6, 6.07) is -0.773. The van der Waals surface area contributed by atoms with Crippen molar-refractivity contribution in [1.29, 1.82) is 0 Å². The van der Waals surface area contributed by atoms with Gasteiger partial charge in [0, 0.05) is 19.6 Å². The smallest absolute Gasteiger partial charge is 0.406 e. The Morgan fingerprint density at radius 3 is 2.48 bits per heavy atom. The van der Waals surface area contributed by atoms with E-state index in [1.807, 2.05) is 6.92 Å². The Labute approximate surface area is 121 Å². The van der Waals surface area contributed by atoms with Crippen molar-refractivity contribution >= 4 is 11.9 Å². The summed E-state index contributed by atoms with van der Waals surface area (Å²) in [6.45, 7) is 3.18. The Morgan fingerprint density at radius 1 is 1.43 bits per heavy atom. The van der Waals surface area contributed by atoms with E-state index in [0.717, 1.165) is 12.8 Å². The van der Waals surface area contributed by atoms with Crippen molar-refractivity contribution in [2.24, 2.45) is 5.41 Å². The molecule has 1 aliphatic heterocycles. The van der Waals surface area contributed by atoms with Gasteiger partial charge in [0.15, 0.2) is 5.41 Å². The summed E-state index contributed by atoms with van der Waals surface area (Å²) in [5.74, 6) is -2.25. The zero-order chi connectivity index (χ0) is 16.3. The summed E-state index contributed by atoms with van der Waals surface area (Å²) < 4.78 is 39.1. The molecule has 0 radical (unpaired) electrons. The van der Waals surface area contributed by atoms with Crippen molar-refractivity contribution in [2.75, 3.05) is 19.6 Å². The minimum atomic E-state index is -4.83. The minimum absolute atomic E-state index is 0.0613. The lowest BCUT2D eigenvalue weighted by atomic mass is 9.86. The first-order valence-electron chi connectivity index (χ1n) is 6.97. The number of nitrogens with one attached hydrogen (secondary N) is 1. The van der Waals surface area contributed by atoms with E-state index in [9.17, 15) is 22.8 Å². The zero-order valence-electron chi connectivity index (χ0n) is 12.2. The second kappa shape index (κ2) is 6.64. The molecule has 8 heteroatoms. The lowest BCUT2D eigenvalue weighted by Crippen LogP contribution is -2.50. The van der Waals surface area contributed by atoms with Crippen LogP contribution in [0.5, 0.6) is 0 Å². The Hall–Kier alpha value is -1.31. The summed E-state index contributed by atoms with van der Waals surface area (Å²) in [6.07, 6.45) is -3.67. The third-order valence-corrected chi connectivity index (χ3v) is 4.01. The highest BCUT2D eigenvalue weighted by Crippen LogP contribution is 2.46. The van der Waals surface area contributed by atoms with Crippen molar-refractivity contribution < 1.29 is 27.9 Å². The molecule has 1 amide bonds. The van der Waals surface area contributed by atoms with E-state index < -0.39 is 36.6 Å². The molecule has 1 fully saturated rings. The SMILES string of the molecule is CCCCNC(=O)C(C)N1CCC(C(=O)O)(C(F)(F)F)C1. The first kappa shape index (κ1) is 17.7. The summed E-state index contributed by atoms with van der Waals surface area (Å²) in [7, 11) is 0. The fourth-order valence-corrected chi connectivity index (χ4v) is 2.40. The average Bonchev–Trinajstić information content (AvgIpc) is 2.83. The van der Waals surface area contributed by atoms with Crippen molar-refractivity contribution in [3.63, 3.8) is 0 Å². The number of carbonyl (C=O) groups excluding carboxylic acids is 1. The van der Waals surface area contributed by atoms with Gasteiger partial charge < -0.3 is 10.4 Å². The number of amides is 1. The van der Waals surface area contributed by atoms with E-state index in [4.69, 9.17) is 5.11 Å². The van der Waals surface area contributed by atoms with E-state index in [2.05, 4.69) is 5.32 Å². The summed E-state index contributed by atoms with van der Waals surface area (Å²) >= 11 is 0. The van der Waals surface area contributed by atoms with E-state index in [1.165, 1.54) is 11.8 Å². The second-order valence-electron chi connectivity index (χ2n) is 5.43. The number of rotatable bonds is 6. The summed E-state index contributed by atoms with van der Waals surface area (Å²) in [4.78, 5) is 24.2. The van der Waals surface area contributed by atoms with Gasteiger partial charge in [0.1, 0.15) is 0 Å². The van der Waals surface area contributed by atoms with Gasteiger partial charge in [-0.25, -0.2) is 0 Å². The van der Waals surface area contributed by atoms with Crippen LogP contribution in [0.2, 0.25) is 0 Å². The lowest BCUT2D eigenvalue weighted by Gasteiger charge is -2.29. The number of aliphatic carboxylic acids is 1. The number of likely N-dealkylation sites (tertiary alicyclic amines) is 1. The van der Waals surface area contributed by atoms with Crippen LogP contribution >= 0.6 is 0 Å². The van der Waals surface area contributed by atoms with Gasteiger partial charge in [-0.1, -0.05) is 13.3 Å². The van der Waals surface area contributed by atoms with Gasteiger partial charge in [-0.05, 0) is 19.8 Å². The van der Waals surface area contributed by atoms with Gasteiger partial charge in [-0.15, -0.1) is 0 Å². The van der Waals surface area contributed by atoms with Crippen LogP contribution in [0.25, 0.3) is 0 Å². The number of unbranched alkanes of at least 4 members (excludes halogenated alkanes) is 1. The van der Waals surface area contributed by atoms with Crippen LogP contribution in [0.15, 0.2) is 0 Å². The van der Waals surface area contributed by atoms with Crippen LogP contribution in [0.4, 0.5) is 13.2 Å². The lowest BCUT2D eigenvalue weighted by molar-refractivity contribution is -0.227. The first-order valence-corrected chi connectivity index (χ1v) is 6.97. The maximum Gasteiger partial charge on any atom is 0.406 e. The molecule has 1 aliphatic rings. The summed E-state index contributed by atoms with van der Waals surface area (Å²) in [5, 5.41) is 11.6. The van der Waals surface area contributed by atoms with Gasteiger partial charge in [-0.3, -0.25) is 14.5 Å². The fraction of sp³-hybridized carbons (Fsp3) is 0.846. The van der Waals surface area contributed by atoms with Crippen LogP contribution in [-0.2, 0) is 9.59 Å². The molecule has 21 heavy (non-hydrogen) atoms. The van der Waals surface area contributed by atoms with Gasteiger partial charge in [0.25, 0.3) is 0 Å². The molecule has 2 N–H and O–H groups in total. The molecule has 122 valence electrons. The average molecular weight is 310 g/mol.